The zero-order chi connectivity index (χ0) is 11.3. The van der Waals surface area contributed by atoms with Crippen LogP contribution in [0.5, 0.6) is 0 Å². The Balaban J connectivity index is 2.78. The van der Waals surface area contributed by atoms with E-state index in [9.17, 15) is 5.11 Å². The minimum atomic E-state index is -1.54. The summed E-state index contributed by atoms with van der Waals surface area (Å²) < 4.78 is 0. The van der Waals surface area contributed by atoms with Gasteiger partial charge in [-0.3, -0.25) is 10.7 Å². The highest BCUT2D eigenvalue weighted by molar-refractivity contribution is 7.99. The van der Waals surface area contributed by atoms with Gasteiger partial charge < -0.3 is 10.2 Å². The van der Waals surface area contributed by atoms with E-state index >= 15 is 0 Å². The molecule has 1 aromatic heterocycles. The van der Waals surface area contributed by atoms with Crippen LogP contribution < -0.4 is 5.73 Å². The van der Waals surface area contributed by atoms with Gasteiger partial charge in [-0.25, -0.2) is 0 Å². The SMILES string of the molecule is CCSc1ccc([C@@](N)(O)CCO)nc1. The van der Waals surface area contributed by atoms with Crippen molar-refractivity contribution in [3.8, 4) is 0 Å². The van der Waals surface area contributed by atoms with E-state index in [1.165, 1.54) is 0 Å². The molecule has 4 nitrogen and oxygen atoms in total. The number of nitrogens with two attached hydrogens (primary N) is 1. The van der Waals surface area contributed by atoms with E-state index in [0.29, 0.717) is 5.69 Å². The van der Waals surface area contributed by atoms with Crippen LogP contribution in [0.3, 0.4) is 0 Å². The highest BCUT2D eigenvalue weighted by Gasteiger charge is 2.24. The number of aromatic nitrogens is 1. The van der Waals surface area contributed by atoms with Crippen LogP contribution in [0.2, 0.25) is 0 Å². The van der Waals surface area contributed by atoms with Gasteiger partial charge in [-0.15, -0.1) is 11.8 Å². The molecule has 0 fully saturated rings. The second kappa shape index (κ2) is 5.46. The lowest BCUT2D eigenvalue weighted by atomic mass is 10.1. The van der Waals surface area contributed by atoms with Crippen molar-refractivity contribution in [2.75, 3.05) is 12.4 Å². The van der Waals surface area contributed by atoms with Crippen molar-refractivity contribution in [2.24, 2.45) is 5.73 Å². The van der Waals surface area contributed by atoms with Crippen molar-refractivity contribution in [3.63, 3.8) is 0 Å². The smallest absolute Gasteiger partial charge is 0.158 e. The summed E-state index contributed by atoms with van der Waals surface area (Å²) in [7, 11) is 0. The predicted octanol–water partition coefficient (Wildman–Crippen LogP) is 0.680. The van der Waals surface area contributed by atoms with Crippen LogP contribution in [0.15, 0.2) is 23.2 Å². The largest absolute Gasteiger partial charge is 0.396 e. The summed E-state index contributed by atoms with van der Waals surface area (Å²) in [5.41, 5.74) is 4.45. The standard InChI is InChI=1S/C10H16N2O2S/c1-2-15-8-3-4-9(12-7-8)10(11,14)5-6-13/h3-4,7,13-14H,2,5-6,11H2,1H3/t10-/m0/s1. The number of thioether (sulfide) groups is 1. The van der Waals surface area contributed by atoms with E-state index in [2.05, 4.69) is 11.9 Å². The number of aliphatic hydroxyl groups excluding tert-OH is 1. The molecule has 1 heterocycles. The molecular formula is C10H16N2O2S. The summed E-state index contributed by atoms with van der Waals surface area (Å²) >= 11 is 1.67. The first-order valence-corrected chi connectivity index (χ1v) is 5.80. The Kier molecular flexibility index (Phi) is 4.53. The number of aliphatic hydroxyl groups is 2. The molecule has 1 atom stereocenters. The van der Waals surface area contributed by atoms with Gasteiger partial charge in [0.1, 0.15) is 0 Å². The van der Waals surface area contributed by atoms with Gasteiger partial charge in [-0.1, -0.05) is 6.92 Å². The number of nitrogens with zero attached hydrogens (tertiary/aromatic N) is 1. The van der Waals surface area contributed by atoms with Gasteiger partial charge in [0.25, 0.3) is 0 Å². The molecule has 1 aromatic rings. The lowest BCUT2D eigenvalue weighted by Gasteiger charge is -2.21. The van der Waals surface area contributed by atoms with E-state index in [4.69, 9.17) is 10.8 Å². The van der Waals surface area contributed by atoms with Gasteiger partial charge in [0.2, 0.25) is 0 Å². The topological polar surface area (TPSA) is 79.4 Å². The van der Waals surface area contributed by atoms with Crippen LogP contribution in [0.1, 0.15) is 19.0 Å². The van der Waals surface area contributed by atoms with Gasteiger partial charge in [-0.05, 0) is 17.9 Å². The maximum absolute atomic E-state index is 9.76. The Morgan fingerprint density at radius 2 is 2.27 bits per heavy atom. The summed E-state index contributed by atoms with van der Waals surface area (Å²) in [4.78, 5) is 5.12. The minimum Gasteiger partial charge on any atom is -0.396 e. The highest BCUT2D eigenvalue weighted by Crippen LogP contribution is 2.20. The molecule has 0 bridgehead atoms. The maximum Gasteiger partial charge on any atom is 0.158 e. The quantitative estimate of drug-likeness (QED) is 0.510. The van der Waals surface area contributed by atoms with Crippen LogP contribution in [0.4, 0.5) is 0 Å². The normalized spacial score (nSPS) is 14.9. The third-order valence-corrected chi connectivity index (χ3v) is 2.85. The van der Waals surface area contributed by atoms with Crippen LogP contribution in [-0.4, -0.2) is 27.6 Å². The molecule has 4 N–H and O–H groups in total. The average Bonchev–Trinajstić information content (AvgIpc) is 2.19. The molecule has 5 heteroatoms. The number of hydrogen-bond donors (Lipinski definition) is 3. The molecule has 0 radical (unpaired) electrons. The molecule has 1 rings (SSSR count). The zero-order valence-corrected chi connectivity index (χ0v) is 9.50. The molecule has 15 heavy (non-hydrogen) atoms. The molecule has 0 aliphatic heterocycles. The number of pyridine rings is 1. The molecule has 0 aliphatic carbocycles. The third kappa shape index (κ3) is 3.46. The molecule has 0 saturated heterocycles. The van der Waals surface area contributed by atoms with Crippen LogP contribution in [0.25, 0.3) is 0 Å². The van der Waals surface area contributed by atoms with Crippen molar-refractivity contribution < 1.29 is 10.2 Å². The van der Waals surface area contributed by atoms with Crippen molar-refractivity contribution in [2.45, 2.75) is 24.0 Å². The van der Waals surface area contributed by atoms with Crippen LogP contribution in [-0.2, 0) is 5.72 Å². The van der Waals surface area contributed by atoms with Gasteiger partial charge in [0.15, 0.2) is 5.72 Å². The van der Waals surface area contributed by atoms with Crippen molar-refractivity contribution in [3.05, 3.63) is 24.0 Å². The molecule has 0 aromatic carbocycles. The Labute approximate surface area is 93.5 Å². The van der Waals surface area contributed by atoms with Gasteiger partial charge in [0.05, 0.1) is 5.69 Å². The predicted molar refractivity (Wildman–Crippen MR) is 60.4 cm³/mol. The van der Waals surface area contributed by atoms with Crippen molar-refractivity contribution >= 4 is 11.8 Å². The average molecular weight is 228 g/mol. The Bertz CT molecular complexity index is 301. The number of rotatable bonds is 5. The fourth-order valence-corrected chi connectivity index (χ4v) is 1.81. The first-order chi connectivity index (χ1) is 7.10. The summed E-state index contributed by atoms with van der Waals surface area (Å²) in [6.07, 6.45) is 1.76. The lowest BCUT2D eigenvalue weighted by Crippen LogP contribution is -2.38. The van der Waals surface area contributed by atoms with Crippen LogP contribution >= 0.6 is 11.8 Å². The van der Waals surface area contributed by atoms with E-state index in [1.54, 1.807) is 24.0 Å². The van der Waals surface area contributed by atoms with Gasteiger partial charge in [-0.2, -0.15) is 0 Å². The van der Waals surface area contributed by atoms with Crippen molar-refractivity contribution in [1.29, 1.82) is 0 Å². The van der Waals surface area contributed by atoms with Crippen molar-refractivity contribution in [1.82, 2.24) is 4.98 Å². The first kappa shape index (κ1) is 12.4. The summed E-state index contributed by atoms with van der Waals surface area (Å²) in [6, 6.07) is 3.55. The summed E-state index contributed by atoms with van der Waals surface area (Å²) in [6.45, 7) is 1.89. The van der Waals surface area contributed by atoms with E-state index in [0.717, 1.165) is 10.6 Å². The first-order valence-electron chi connectivity index (χ1n) is 4.81. The van der Waals surface area contributed by atoms with Crippen LogP contribution in [0, 0.1) is 0 Å². The molecule has 0 saturated carbocycles. The van der Waals surface area contributed by atoms with Gasteiger partial charge in [0, 0.05) is 24.1 Å². The fraction of sp³-hybridized carbons (Fsp3) is 0.500. The molecule has 0 amide bonds. The second-order valence-corrected chi connectivity index (χ2v) is 4.55. The Morgan fingerprint density at radius 1 is 1.53 bits per heavy atom. The third-order valence-electron chi connectivity index (χ3n) is 1.98. The molecule has 0 unspecified atom stereocenters. The van der Waals surface area contributed by atoms with E-state index in [-0.39, 0.29) is 13.0 Å². The Hall–Kier alpha value is -0.620. The molecule has 0 aliphatic rings. The Morgan fingerprint density at radius 3 is 2.73 bits per heavy atom. The molecular weight excluding hydrogens is 212 g/mol. The zero-order valence-electron chi connectivity index (χ0n) is 8.68. The number of hydrogen-bond acceptors (Lipinski definition) is 5. The fourth-order valence-electron chi connectivity index (χ4n) is 1.19. The summed E-state index contributed by atoms with van der Waals surface area (Å²) in [5.74, 6) is 0.977. The lowest BCUT2D eigenvalue weighted by molar-refractivity contribution is 0.0136. The molecule has 84 valence electrons. The maximum atomic E-state index is 9.76. The minimum absolute atomic E-state index is 0.0836. The van der Waals surface area contributed by atoms with Gasteiger partial charge >= 0.3 is 0 Å². The van der Waals surface area contributed by atoms with E-state index < -0.39 is 5.72 Å². The monoisotopic (exact) mass is 228 g/mol. The summed E-state index contributed by atoms with van der Waals surface area (Å²) in [5, 5.41) is 18.5. The van der Waals surface area contributed by atoms with E-state index in [1.807, 2.05) is 6.07 Å². The molecule has 0 spiro atoms. The second-order valence-electron chi connectivity index (χ2n) is 3.21. The highest BCUT2D eigenvalue weighted by atomic mass is 32.2.